The molecule has 146 valence electrons. The highest BCUT2D eigenvalue weighted by Gasteiger charge is 2.20. The molecule has 28 heavy (non-hydrogen) atoms. The van der Waals surface area contributed by atoms with Gasteiger partial charge in [0.15, 0.2) is 23.0 Å². The first-order valence-corrected chi connectivity index (χ1v) is 8.85. The van der Waals surface area contributed by atoms with Gasteiger partial charge in [0.2, 0.25) is 0 Å². The number of amides is 1. The van der Waals surface area contributed by atoms with Crippen LogP contribution in [0.1, 0.15) is 29.0 Å². The van der Waals surface area contributed by atoms with Crippen molar-refractivity contribution in [3.8, 4) is 11.5 Å². The largest absolute Gasteiger partial charge is 0.493 e. The summed E-state index contributed by atoms with van der Waals surface area (Å²) < 4.78 is 10.6. The fraction of sp³-hybridized carbons (Fsp3) is 0.211. The molecule has 3 N–H and O–H groups in total. The lowest BCUT2D eigenvalue weighted by Crippen LogP contribution is -2.27. The van der Waals surface area contributed by atoms with Crippen molar-refractivity contribution in [3.63, 3.8) is 0 Å². The van der Waals surface area contributed by atoms with Gasteiger partial charge in [-0.05, 0) is 42.8 Å². The van der Waals surface area contributed by atoms with Gasteiger partial charge in [-0.15, -0.1) is 10.2 Å². The van der Waals surface area contributed by atoms with E-state index in [-0.39, 0.29) is 17.6 Å². The van der Waals surface area contributed by atoms with Gasteiger partial charge in [-0.25, -0.2) is 0 Å². The lowest BCUT2D eigenvalue weighted by atomic mass is 10.1. The summed E-state index contributed by atoms with van der Waals surface area (Å²) in [7, 11) is 3.13. The van der Waals surface area contributed by atoms with Crippen molar-refractivity contribution in [2.45, 2.75) is 13.0 Å². The van der Waals surface area contributed by atoms with Crippen LogP contribution in [0.2, 0.25) is 5.02 Å². The van der Waals surface area contributed by atoms with Crippen molar-refractivity contribution in [2.24, 2.45) is 0 Å². The zero-order chi connectivity index (χ0) is 20.1. The number of H-pyrrole nitrogens is 1. The van der Waals surface area contributed by atoms with Crippen molar-refractivity contribution in [1.82, 2.24) is 20.7 Å². The van der Waals surface area contributed by atoms with Gasteiger partial charge in [-0.2, -0.15) is 5.21 Å². The summed E-state index contributed by atoms with van der Waals surface area (Å²) in [5.74, 6) is 1.14. The molecule has 1 amide bonds. The monoisotopic (exact) mass is 401 g/mol. The lowest BCUT2D eigenvalue weighted by molar-refractivity contribution is 0.0935. The number of anilines is 2. The minimum absolute atomic E-state index is 0.146. The van der Waals surface area contributed by atoms with Crippen LogP contribution >= 0.6 is 11.6 Å². The molecule has 9 heteroatoms. The number of hydrogen-bond donors (Lipinski definition) is 3. The number of ether oxygens (including phenoxy) is 2. The van der Waals surface area contributed by atoms with E-state index in [1.165, 1.54) is 0 Å². The fourth-order valence-corrected chi connectivity index (χ4v) is 2.84. The van der Waals surface area contributed by atoms with Crippen LogP contribution in [0.4, 0.5) is 11.5 Å². The van der Waals surface area contributed by atoms with Crippen molar-refractivity contribution >= 4 is 29.0 Å². The number of halogens is 1. The molecule has 0 radical (unpaired) electrons. The summed E-state index contributed by atoms with van der Waals surface area (Å²) in [5.41, 5.74) is 1.70. The van der Waals surface area contributed by atoms with Gasteiger partial charge in [0.1, 0.15) is 0 Å². The lowest BCUT2D eigenvalue weighted by Gasteiger charge is -2.16. The van der Waals surface area contributed by atoms with Crippen molar-refractivity contribution in [2.75, 3.05) is 19.5 Å². The van der Waals surface area contributed by atoms with E-state index < -0.39 is 0 Å². The Kier molecular flexibility index (Phi) is 6.00. The maximum Gasteiger partial charge on any atom is 0.276 e. The number of aromatic amines is 1. The summed E-state index contributed by atoms with van der Waals surface area (Å²) in [5, 5.41) is 16.9. The predicted octanol–water partition coefficient (Wildman–Crippen LogP) is 3.71. The highest BCUT2D eigenvalue weighted by atomic mass is 35.5. The Bertz CT molecular complexity index is 976. The van der Waals surface area contributed by atoms with Gasteiger partial charge in [0.05, 0.1) is 20.3 Å². The first-order chi connectivity index (χ1) is 13.5. The Morgan fingerprint density at radius 3 is 2.61 bits per heavy atom. The number of carbonyl (C=O) groups is 1. The number of nitrogens with one attached hydrogen (secondary N) is 3. The first kappa shape index (κ1) is 19.5. The van der Waals surface area contributed by atoms with E-state index in [9.17, 15) is 4.79 Å². The van der Waals surface area contributed by atoms with E-state index in [4.69, 9.17) is 21.1 Å². The molecule has 2 aromatic carbocycles. The summed E-state index contributed by atoms with van der Waals surface area (Å²) in [6, 6.07) is 12.3. The summed E-state index contributed by atoms with van der Waals surface area (Å²) in [4.78, 5) is 12.7. The van der Waals surface area contributed by atoms with E-state index >= 15 is 0 Å². The number of hydrogen-bond acceptors (Lipinski definition) is 6. The summed E-state index contributed by atoms with van der Waals surface area (Å²) >= 11 is 5.99. The molecule has 3 rings (SSSR count). The Morgan fingerprint density at radius 1 is 1.11 bits per heavy atom. The molecule has 0 saturated heterocycles. The van der Waals surface area contributed by atoms with Crippen molar-refractivity contribution < 1.29 is 14.3 Å². The second kappa shape index (κ2) is 8.62. The summed E-state index contributed by atoms with van der Waals surface area (Å²) in [6.07, 6.45) is 0. The standard InChI is InChI=1S/C19H20ClN5O3/c1-11(12-7-8-15(27-2)16(9-12)28-3)21-19(26)17-18(24-25-23-17)22-14-6-4-5-13(20)10-14/h4-11H,1-3H3,(H,21,26)(H2,22,23,24,25)/t11-/m0/s1. The van der Waals surface area contributed by atoms with Crippen LogP contribution in [0.5, 0.6) is 11.5 Å². The fourth-order valence-electron chi connectivity index (χ4n) is 2.65. The molecule has 0 spiro atoms. The third-order valence-corrected chi connectivity index (χ3v) is 4.34. The molecular formula is C19H20ClN5O3. The highest BCUT2D eigenvalue weighted by Crippen LogP contribution is 2.30. The van der Waals surface area contributed by atoms with Crippen LogP contribution < -0.4 is 20.1 Å². The molecule has 0 aliphatic carbocycles. The van der Waals surface area contributed by atoms with Gasteiger partial charge in [0, 0.05) is 10.7 Å². The highest BCUT2D eigenvalue weighted by molar-refractivity contribution is 6.30. The van der Waals surface area contributed by atoms with Gasteiger partial charge in [-0.1, -0.05) is 23.7 Å². The second-order valence-electron chi connectivity index (χ2n) is 5.97. The molecule has 0 fully saturated rings. The average molecular weight is 402 g/mol. The van der Waals surface area contributed by atoms with Crippen LogP contribution in [0, 0.1) is 0 Å². The zero-order valence-electron chi connectivity index (χ0n) is 15.6. The number of benzene rings is 2. The van der Waals surface area contributed by atoms with Crippen LogP contribution in [-0.2, 0) is 0 Å². The molecule has 1 aromatic heterocycles. The molecule has 0 aliphatic heterocycles. The van der Waals surface area contributed by atoms with Crippen LogP contribution in [0.3, 0.4) is 0 Å². The molecule has 0 saturated carbocycles. The number of nitrogens with zero attached hydrogens (tertiary/aromatic N) is 2. The summed E-state index contributed by atoms with van der Waals surface area (Å²) in [6.45, 7) is 1.86. The van der Waals surface area contributed by atoms with E-state index in [1.54, 1.807) is 38.5 Å². The molecule has 0 aliphatic rings. The van der Waals surface area contributed by atoms with Gasteiger partial charge < -0.3 is 20.1 Å². The smallest absolute Gasteiger partial charge is 0.276 e. The molecule has 1 atom stereocenters. The normalized spacial score (nSPS) is 11.6. The van der Waals surface area contributed by atoms with Crippen molar-refractivity contribution in [1.29, 1.82) is 0 Å². The van der Waals surface area contributed by atoms with E-state index in [0.717, 1.165) is 5.56 Å². The van der Waals surface area contributed by atoms with Crippen LogP contribution in [-0.4, -0.2) is 35.5 Å². The zero-order valence-corrected chi connectivity index (χ0v) is 16.4. The molecule has 0 bridgehead atoms. The van der Waals surface area contributed by atoms with E-state index in [2.05, 4.69) is 26.0 Å². The minimum atomic E-state index is -0.374. The van der Waals surface area contributed by atoms with Crippen LogP contribution in [0.15, 0.2) is 42.5 Å². The van der Waals surface area contributed by atoms with Crippen LogP contribution in [0.25, 0.3) is 0 Å². The molecule has 1 heterocycles. The van der Waals surface area contributed by atoms with Crippen molar-refractivity contribution in [3.05, 3.63) is 58.7 Å². The Balaban J connectivity index is 1.74. The topological polar surface area (TPSA) is 101 Å². The predicted molar refractivity (Wildman–Crippen MR) is 107 cm³/mol. The molecule has 8 nitrogen and oxygen atoms in total. The van der Waals surface area contributed by atoms with Gasteiger partial charge in [0.25, 0.3) is 5.91 Å². The first-order valence-electron chi connectivity index (χ1n) is 8.48. The Labute approximate surface area is 167 Å². The Morgan fingerprint density at radius 2 is 1.89 bits per heavy atom. The van der Waals surface area contributed by atoms with Gasteiger partial charge in [-0.3, -0.25) is 4.79 Å². The minimum Gasteiger partial charge on any atom is -0.493 e. The maximum absolute atomic E-state index is 12.7. The van der Waals surface area contributed by atoms with E-state index in [0.29, 0.717) is 28.0 Å². The van der Waals surface area contributed by atoms with E-state index in [1.807, 2.05) is 25.1 Å². The SMILES string of the molecule is COc1ccc([C@H](C)NC(=O)c2n[nH]nc2Nc2cccc(Cl)c2)cc1OC. The number of rotatable bonds is 7. The average Bonchev–Trinajstić information content (AvgIpc) is 3.15. The molecular weight excluding hydrogens is 382 g/mol. The number of aromatic nitrogens is 3. The number of carbonyl (C=O) groups excluding carboxylic acids is 1. The maximum atomic E-state index is 12.7. The molecule has 0 unspecified atom stereocenters. The third-order valence-electron chi connectivity index (χ3n) is 4.11. The van der Waals surface area contributed by atoms with Gasteiger partial charge >= 0.3 is 0 Å². The number of methoxy groups -OCH3 is 2. The second-order valence-corrected chi connectivity index (χ2v) is 6.40. The molecule has 3 aromatic rings. The quantitative estimate of drug-likeness (QED) is 0.558. The Hall–Kier alpha value is -3.26. The third kappa shape index (κ3) is 4.34.